The van der Waals surface area contributed by atoms with Gasteiger partial charge in [-0.25, -0.2) is 14.1 Å². The molecule has 0 aromatic heterocycles. The number of rotatable bonds is 5. The van der Waals surface area contributed by atoms with Gasteiger partial charge in [0, 0.05) is 29.5 Å². The highest BCUT2D eigenvalue weighted by atomic mass is 19.1. The summed E-state index contributed by atoms with van der Waals surface area (Å²) in [5.74, 6) is -0.902. The molecule has 1 saturated heterocycles. The van der Waals surface area contributed by atoms with Gasteiger partial charge in [0.25, 0.3) is 5.91 Å². The molecular formula is C26H29FN4O4. The first kappa shape index (κ1) is 24.3. The molecule has 0 radical (unpaired) electrons. The lowest BCUT2D eigenvalue weighted by molar-refractivity contribution is -0.127. The second kappa shape index (κ2) is 9.05. The summed E-state index contributed by atoms with van der Waals surface area (Å²) >= 11 is 0. The quantitative estimate of drug-likeness (QED) is 0.497. The smallest absolute Gasteiger partial charge is 0.329 e. The number of carbonyl (C=O) groups is 3. The van der Waals surface area contributed by atoms with E-state index in [1.807, 2.05) is 7.05 Å². The van der Waals surface area contributed by atoms with Gasteiger partial charge in [-0.05, 0) is 74.2 Å². The van der Waals surface area contributed by atoms with Gasteiger partial charge < -0.3 is 20.3 Å². The van der Waals surface area contributed by atoms with Gasteiger partial charge in [-0.1, -0.05) is 6.92 Å². The molecule has 0 spiro atoms. The SMILES string of the molecule is COc1ccc(NC(=O)CN2C(=O)N/C(=C/c3cc4c(cc3F)N(C)C(C)(C)CC4C)C2=O)cc1. The summed E-state index contributed by atoms with van der Waals surface area (Å²) in [5, 5.41) is 5.08. The van der Waals surface area contributed by atoms with Crippen LogP contribution in [0, 0.1) is 5.82 Å². The zero-order valence-corrected chi connectivity index (χ0v) is 20.4. The number of imide groups is 1. The van der Waals surface area contributed by atoms with E-state index < -0.39 is 30.2 Å². The Balaban J connectivity index is 1.52. The van der Waals surface area contributed by atoms with E-state index >= 15 is 4.39 Å². The van der Waals surface area contributed by atoms with Gasteiger partial charge in [-0.15, -0.1) is 0 Å². The molecule has 184 valence electrons. The second-order valence-electron chi connectivity index (χ2n) is 9.57. The summed E-state index contributed by atoms with van der Waals surface area (Å²) < 4.78 is 20.1. The molecule has 0 bridgehead atoms. The number of halogens is 1. The number of carbonyl (C=O) groups excluding carboxylic acids is 3. The van der Waals surface area contributed by atoms with Crippen molar-refractivity contribution in [2.45, 2.75) is 38.6 Å². The van der Waals surface area contributed by atoms with Crippen LogP contribution in [0.4, 0.5) is 20.6 Å². The third-order valence-electron chi connectivity index (χ3n) is 6.69. The van der Waals surface area contributed by atoms with Crippen LogP contribution in [0.1, 0.15) is 44.2 Å². The maximum absolute atomic E-state index is 15.0. The van der Waals surface area contributed by atoms with E-state index in [0.29, 0.717) is 11.4 Å². The summed E-state index contributed by atoms with van der Waals surface area (Å²) in [5.41, 5.74) is 2.30. The zero-order valence-electron chi connectivity index (χ0n) is 20.4. The van der Waals surface area contributed by atoms with Crippen molar-refractivity contribution in [2.24, 2.45) is 0 Å². The summed E-state index contributed by atoms with van der Waals surface area (Å²) in [4.78, 5) is 40.5. The highest BCUT2D eigenvalue weighted by molar-refractivity contribution is 6.16. The number of nitrogens with one attached hydrogen (secondary N) is 2. The minimum atomic E-state index is -0.737. The Kier molecular flexibility index (Phi) is 6.27. The van der Waals surface area contributed by atoms with Gasteiger partial charge in [0.05, 0.1) is 7.11 Å². The van der Waals surface area contributed by atoms with Gasteiger partial charge in [-0.3, -0.25) is 9.59 Å². The number of ether oxygens (including phenoxy) is 1. The molecule has 1 unspecified atom stereocenters. The number of hydrogen-bond donors (Lipinski definition) is 2. The Labute approximate surface area is 203 Å². The predicted molar refractivity (Wildman–Crippen MR) is 132 cm³/mol. The summed E-state index contributed by atoms with van der Waals surface area (Å²) in [6.07, 6.45) is 2.22. The second-order valence-corrected chi connectivity index (χ2v) is 9.57. The largest absolute Gasteiger partial charge is 0.497 e. The Morgan fingerprint density at radius 1 is 1.26 bits per heavy atom. The number of amides is 4. The van der Waals surface area contributed by atoms with Gasteiger partial charge in [0.2, 0.25) is 5.91 Å². The molecule has 0 aliphatic carbocycles. The Bertz CT molecular complexity index is 1220. The number of fused-ring (bicyclic) bond motifs is 1. The van der Waals surface area contributed by atoms with Gasteiger partial charge >= 0.3 is 6.03 Å². The first-order valence-corrected chi connectivity index (χ1v) is 11.4. The Morgan fingerprint density at radius 2 is 1.94 bits per heavy atom. The first-order valence-electron chi connectivity index (χ1n) is 11.4. The van der Waals surface area contributed by atoms with Crippen LogP contribution in [0.5, 0.6) is 5.75 Å². The third kappa shape index (κ3) is 4.71. The molecule has 0 saturated carbocycles. The lowest BCUT2D eigenvalue weighted by Gasteiger charge is -2.45. The number of hydrogen-bond acceptors (Lipinski definition) is 5. The van der Waals surface area contributed by atoms with Gasteiger partial charge in [-0.2, -0.15) is 0 Å². The van der Waals surface area contributed by atoms with Crippen LogP contribution >= 0.6 is 0 Å². The van der Waals surface area contributed by atoms with Crippen LogP contribution in [0.25, 0.3) is 6.08 Å². The molecule has 1 atom stereocenters. The lowest BCUT2D eigenvalue weighted by Crippen LogP contribution is -2.45. The van der Waals surface area contributed by atoms with E-state index in [-0.39, 0.29) is 22.7 Å². The number of methoxy groups -OCH3 is 1. The molecule has 2 aromatic rings. The molecular weight excluding hydrogens is 451 g/mol. The van der Waals surface area contributed by atoms with Crippen LogP contribution in [0.15, 0.2) is 42.1 Å². The maximum Gasteiger partial charge on any atom is 0.329 e. The normalized spacial score (nSPS) is 20.1. The Hall–Kier alpha value is -3.88. The Morgan fingerprint density at radius 3 is 2.60 bits per heavy atom. The fourth-order valence-corrected chi connectivity index (χ4v) is 4.60. The van der Waals surface area contributed by atoms with Crippen LogP contribution in [-0.4, -0.2) is 49.0 Å². The zero-order chi connectivity index (χ0) is 25.5. The number of nitrogens with zero attached hydrogens (tertiary/aromatic N) is 2. The number of urea groups is 1. The van der Waals surface area contributed by atoms with E-state index in [0.717, 1.165) is 22.6 Å². The summed E-state index contributed by atoms with van der Waals surface area (Å²) in [6, 6.07) is 9.11. The van der Waals surface area contributed by atoms with Crippen molar-refractivity contribution in [3.63, 3.8) is 0 Å². The average Bonchev–Trinajstić information content (AvgIpc) is 3.06. The minimum absolute atomic E-state index is 0.0803. The highest BCUT2D eigenvalue weighted by Gasteiger charge is 2.37. The fourth-order valence-electron chi connectivity index (χ4n) is 4.60. The van der Waals surface area contributed by atoms with Crippen molar-refractivity contribution in [3.05, 3.63) is 59.0 Å². The summed E-state index contributed by atoms with van der Waals surface area (Å²) in [6.45, 7) is 5.85. The van der Waals surface area contributed by atoms with E-state index in [9.17, 15) is 14.4 Å². The molecule has 1 fully saturated rings. The third-order valence-corrected chi connectivity index (χ3v) is 6.69. The van der Waals surface area contributed by atoms with Crippen molar-refractivity contribution in [1.82, 2.24) is 10.2 Å². The van der Waals surface area contributed by atoms with E-state index in [4.69, 9.17) is 4.74 Å². The van der Waals surface area contributed by atoms with Crippen molar-refractivity contribution >= 4 is 35.3 Å². The van der Waals surface area contributed by atoms with Crippen molar-refractivity contribution < 1.29 is 23.5 Å². The molecule has 9 heteroatoms. The van der Waals surface area contributed by atoms with Crippen LogP contribution in [-0.2, 0) is 9.59 Å². The molecule has 8 nitrogen and oxygen atoms in total. The molecule has 2 N–H and O–H groups in total. The summed E-state index contributed by atoms with van der Waals surface area (Å²) in [7, 11) is 3.48. The molecule has 2 aliphatic heterocycles. The first-order chi connectivity index (χ1) is 16.5. The highest BCUT2D eigenvalue weighted by Crippen LogP contribution is 2.43. The van der Waals surface area contributed by atoms with Gasteiger partial charge in [0.1, 0.15) is 23.8 Å². The average molecular weight is 481 g/mol. The fraction of sp³-hybridized carbons (Fsp3) is 0.346. The van der Waals surface area contributed by atoms with Gasteiger partial charge in [0.15, 0.2) is 0 Å². The maximum atomic E-state index is 15.0. The van der Waals surface area contributed by atoms with Crippen molar-refractivity contribution in [2.75, 3.05) is 30.9 Å². The minimum Gasteiger partial charge on any atom is -0.497 e. The predicted octanol–water partition coefficient (Wildman–Crippen LogP) is 4.09. The topological polar surface area (TPSA) is 91.0 Å². The number of anilines is 2. The van der Waals surface area contributed by atoms with Crippen molar-refractivity contribution in [3.8, 4) is 5.75 Å². The van der Waals surface area contributed by atoms with Crippen LogP contribution in [0.3, 0.4) is 0 Å². The van der Waals surface area contributed by atoms with Crippen molar-refractivity contribution in [1.29, 1.82) is 0 Å². The lowest BCUT2D eigenvalue weighted by atomic mass is 9.80. The number of benzene rings is 2. The van der Waals surface area contributed by atoms with E-state index in [1.165, 1.54) is 19.3 Å². The van der Waals surface area contributed by atoms with Crippen LogP contribution < -0.4 is 20.3 Å². The standard InChI is InChI=1S/C26H29FN4O4/c1-15-13-26(2,3)30(4)22-12-20(27)16(10-19(15)22)11-21-24(33)31(25(34)29-21)14-23(32)28-17-6-8-18(35-5)9-7-17/h6-12,15H,13-14H2,1-5H3,(H,28,32)(H,29,34)/b21-11+. The van der Waals surface area contributed by atoms with E-state index in [1.54, 1.807) is 30.3 Å². The molecule has 35 heavy (non-hydrogen) atoms. The van der Waals surface area contributed by atoms with Crippen LogP contribution in [0.2, 0.25) is 0 Å². The van der Waals surface area contributed by atoms with E-state index in [2.05, 4.69) is 36.3 Å². The molecule has 4 amide bonds. The molecule has 2 aromatic carbocycles. The molecule has 2 aliphatic rings. The molecule has 2 heterocycles. The molecule has 4 rings (SSSR count). The monoisotopic (exact) mass is 480 g/mol.